The van der Waals surface area contributed by atoms with Crippen molar-refractivity contribution in [1.82, 2.24) is 0 Å². The summed E-state index contributed by atoms with van der Waals surface area (Å²) in [6.45, 7) is 6.56. The zero-order valence-corrected chi connectivity index (χ0v) is 19.6. The van der Waals surface area contributed by atoms with E-state index in [9.17, 15) is 0 Å². The summed E-state index contributed by atoms with van der Waals surface area (Å²) in [7, 11) is -0.716. The van der Waals surface area contributed by atoms with Gasteiger partial charge >= 0.3 is 0 Å². The van der Waals surface area contributed by atoms with Crippen molar-refractivity contribution in [2.75, 3.05) is 0 Å². The molecular formula is C21H43Cl2OSi. The lowest BCUT2D eigenvalue weighted by molar-refractivity contribution is 0.203. The molecule has 0 aliphatic carbocycles. The molecule has 0 aromatic rings. The van der Waals surface area contributed by atoms with E-state index >= 15 is 0 Å². The van der Waals surface area contributed by atoms with Crippen LogP contribution in [0.2, 0.25) is 13.1 Å². The Bertz CT molecular complexity index is 262. The third-order valence-corrected chi connectivity index (χ3v) is 6.10. The topological polar surface area (TPSA) is 9.23 Å². The maximum absolute atomic E-state index is 6.01. The van der Waals surface area contributed by atoms with Gasteiger partial charge in [0.25, 0.3) is 0 Å². The van der Waals surface area contributed by atoms with Crippen LogP contribution in [0.4, 0.5) is 0 Å². The Labute approximate surface area is 170 Å². The third-order valence-electron chi connectivity index (χ3n) is 4.76. The Hall–Kier alpha value is 0.757. The number of halogens is 2. The molecule has 0 amide bonds. The highest BCUT2D eigenvalue weighted by Gasteiger charge is 2.18. The smallest absolute Gasteiger partial charge is 0.205 e. The molecule has 4 heteroatoms. The van der Waals surface area contributed by atoms with Gasteiger partial charge in [0.15, 0.2) is 0 Å². The zero-order valence-electron chi connectivity index (χ0n) is 17.1. The van der Waals surface area contributed by atoms with E-state index in [1.54, 1.807) is 0 Å². The molecule has 0 saturated carbocycles. The predicted molar refractivity (Wildman–Crippen MR) is 117 cm³/mol. The summed E-state index contributed by atoms with van der Waals surface area (Å²) < 4.78 is 5.87. The van der Waals surface area contributed by atoms with Gasteiger partial charge in [-0.25, -0.2) is 0 Å². The highest BCUT2D eigenvalue weighted by molar-refractivity contribution is 6.49. The Morgan fingerprint density at radius 1 is 0.640 bits per heavy atom. The number of hydrogen-bond acceptors (Lipinski definition) is 1. The second-order valence-electron chi connectivity index (χ2n) is 7.64. The first-order valence-corrected chi connectivity index (χ1v) is 14.1. The predicted octanol–water partition coefficient (Wildman–Crippen LogP) is 8.69. The Kier molecular flexibility index (Phi) is 20.1. The molecule has 1 nitrogen and oxygen atoms in total. The van der Waals surface area contributed by atoms with Gasteiger partial charge in [0, 0.05) is 0 Å². The highest BCUT2D eigenvalue weighted by atomic mass is 35.5. The molecule has 0 aromatic carbocycles. The SMILES string of the molecule is CCCCCCCCCCCCCCCCCC(O[Si](C)C)C(Cl)Cl. The highest BCUT2D eigenvalue weighted by Crippen LogP contribution is 2.20. The molecule has 25 heavy (non-hydrogen) atoms. The van der Waals surface area contributed by atoms with Gasteiger partial charge in [-0.3, -0.25) is 0 Å². The molecule has 0 saturated heterocycles. The van der Waals surface area contributed by atoms with Gasteiger partial charge in [-0.2, -0.15) is 0 Å². The minimum atomic E-state index is -0.716. The van der Waals surface area contributed by atoms with E-state index in [4.69, 9.17) is 27.6 Å². The lowest BCUT2D eigenvalue weighted by Gasteiger charge is -2.20. The molecule has 151 valence electrons. The van der Waals surface area contributed by atoms with E-state index < -0.39 is 9.04 Å². The average molecular weight is 411 g/mol. The first-order chi connectivity index (χ1) is 12.1. The molecule has 0 fully saturated rings. The largest absolute Gasteiger partial charge is 0.412 e. The standard InChI is InChI=1S/C21H43Cl2OSi/c1-4-5-6-7-8-9-10-11-12-13-14-15-16-17-18-19-20(21(22)23)24-25(2)3/h20-21H,4-19H2,1-3H3. The molecule has 1 atom stereocenters. The Morgan fingerprint density at radius 2 is 1.00 bits per heavy atom. The Balaban J connectivity index is 3.25. The van der Waals surface area contributed by atoms with Crippen LogP contribution in [0.25, 0.3) is 0 Å². The van der Waals surface area contributed by atoms with Gasteiger partial charge < -0.3 is 4.43 Å². The van der Waals surface area contributed by atoms with E-state index in [-0.39, 0.29) is 10.9 Å². The minimum Gasteiger partial charge on any atom is -0.412 e. The van der Waals surface area contributed by atoms with E-state index in [1.807, 2.05) is 0 Å². The van der Waals surface area contributed by atoms with E-state index in [0.29, 0.717) is 0 Å². The van der Waals surface area contributed by atoms with Gasteiger partial charge in [0.1, 0.15) is 4.84 Å². The van der Waals surface area contributed by atoms with Crippen LogP contribution in [0.1, 0.15) is 110 Å². The first kappa shape index (κ1) is 25.8. The van der Waals surface area contributed by atoms with Crippen LogP contribution >= 0.6 is 23.2 Å². The molecule has 0 rings (SSSR count). The molecule has 1 unspecified atom stereocenters. The summed E-state index contributed by atoms with van der Waals surface area (Å²) >= 11 is 12.0. The fraction of sp³-hybridized carbons (Fsp3) is 1.00. The van der Waals surface area contributed by atoms with Crippen LogP contribution in [0, 0.1) is 0 Å². The number of rotatable bonds is 19. The van der Waals surface area contributed by atoms with Crippen LogP contribution in [-0.4, -0.2) is 20.0 Å². The third kappa shape index (κ3) is 19.3. The van der Waals surface area contributed by atoms with Gasteiger partial charge in [-0.05, 0) is 19.5 Å². The van der Waals surface area contributed by atoms with E-state index in [2.05, 4.69) is 20.0 Å². The Morgan fingerprint density at radius 3 is 1.32 bits per heavy atom. The fourth-order valence-electron chi connectivity index (χ4n) is 3.26. The normalized spacial score (nSPS) is 13.1. The lowest BCUT2D eigenvalue weighted by atomic mass is 10.0. The molecule has 0 spiro atoms. The van der Waals surface area contributed by atoms with Crippen molar-refractivity contribution >= 4 is 32.2 Å². The molecule has 0 bridgehead atoms. The van der Waals surface area contributed by atoms with Crippen LogP contribution in [-0.2, 0) is 4.43 Å². The molecule has 0 heterocycles. The number of alkyl halides is 2. The summed E-state index contributed by atoms with van der Waals surface area (Å²) in [5.74, 6) is 0. The average Bonchev–Trinajstić information content (AvgIpc) is 2.56. The summed E-state index contributed by atoms with van der Waals surface area (Å²) in [5.41, 5.74) is 0. The molecule has 0 aromatic heterocycles. The first-order valence-electron chi connectivity index (χ1n) is 10.8. The van der Waals surface area contributed by atoms with Crippen molar-refractivity contribution < 1.29 is 4.43 Å². The monoisotopic (exact) mass is 409 g/mol. The van der Waals surface area contributed by atoms with Crippen LogP contribution < -0.4 is 0 Å². The molecule has 1 radical (unpaired) electrons. The second-order valence-corrected chi connectivity index (χ2v) is 10.9. The van der Waals surface area contributed by atoms with Crippen molar-refractivity contribution in [3.63, 3.8) is 0 Å². The van der Waals surface area contributed by atoms with E-state index in [1.165, 1.54) is 96.3 Å². The fourth-order valence-corrected chi connectivity index (χ4v) is 4.64. The van der Waals surface area contributed by atoms with Crippen LogP contribution in [0.3, 0.4) is 0 Å². The minimum absolute atomic E-state index is 0.0363. The zero-order chi connectivity index (χ0) is 18.8. The number of unbranched alkanes of at least 4 members (excludes halogenated alkanes) is 14. The van der Waals surface area contributed by atoms with Crippen molar-refractivity contribution in [1.29, 1.82) is 0 Å². The van der Waals surface area contributed by atoms with Crippen molar-refractivity contribution in [2.45, 2.75) is 134 Å². The quantitative estimate of drug-likeness (QED) is 0.118. The molecule has 0 N–H and O–H groups in total. The molecule has 0 aliphatic rings. The van der Waals surface area contributed by atoms with Crippen molar-refractivity contribution in [3.05, 3.63) is 0 Å². The molecule has 0 aliphatic heterocycles. The van der Waals surface area contributed by atoms with E-state index in [0.717, 1.165) is 6.42 Å². The van der Waals surface area contributed by atoms with Crippen molar-refractivity contribution in [2.24, 2.45) is 0 Å². The van der Waals surface area contributed by atoms with Gasteiger partial charge in [-0.15, -0.1) is 23.2 Å². The summed E-state index contributed by atoms with van der Waals surface area (Å²) in [5, 5.41) is 0. The van der Waals surface area contributed by atoms with Gasteiger partial charge in [-0.1, -0.05) is 103 Å². The maximum Gasteiger partial charge on any atom is 0.205 e. The summed E-state index contributed by atoms with van der Waals surface area (Å²) in [4.78, 5) is -0.383. The summed E-state index contributed by atoms with van der Waals surface area (Å²) in [6, 6.07) is 0. The lowest BCUT2D eigenvalue weighted by Crippen LogP contribution is -2.26. The van der Waals surface area contributed by atoms with Gasteiger partial charge in [0.2, 0.25) is 9.04 Å². The van der Waals surface area contributed by atoms with Crippen molar-refractivity contribution in [3.8, 4) is 0 Å². The van der Waals surface area contributed by atoms with Crippen LogP contribution in [0.5, 0.6) is 0 Å². The summed E-state index contributed by atoms with van der Waals surface area (Å²) in [6.07, 6.45) is 22.0. The molecular weight excluding hydrogens is 367 g/mol. The van der Waals surface area contributed by atoms with Gasteiger partial charge in [0.05, 0.1) is 6.10 Å². The maximum atomic E-state index is 6.01. The van der Waals surface area contributed by atoms with Crippen LogP contribution in [0.15, 0.2) is 0 Å². The number of hydrogen-bond donors (Lipinski definition) is 0. The second kappa shape index (κ2) is 19.5.